The van der Waals surface area contributed by atoms with Crippen LogP contribution >= 0.6 is 11.6 Å². The first-order chi connectivity index (χ1) is 21.6. The van der Waals surface area contributed by atoms with Gasteiger partial charge in [-0.05, 0) is 60.7 Å². The van der Waals surface area contributed by atoms with E-state index in [2.05, 4.69) is 43.9 Å². The Labute approximate surface area is 265 Å². The van der Waals surface area contributed by atoms with E-state index >= 15 is 0 Å². The number of anilines is 5. The van der Waals surface area contributed by atoms with E-state index in [0.29, 0.717) is 47.7 Å². The SMILES string of the molecule is C[C@H]1CN(c2ncc(Cl)c(Nc3ccc4c(c3)CC(=O)N4C)n2)CC[C@H]1Nc1ccc2c(C3CCC(=O)NC3=O)nn(C)c2c1. The molecule has 0 radical (unpaired) electrons. The fourth-order valence-electron chi connectivity index (χ4n) is 6.63. The number of nitrogens with zero attached hydrogens (tertiary/aromatic N) is 6. The van der Waals surface area contributed by atoms with E-state index in [9.17, 15) is 14.4 Å². The van der Waals surface area contributed by atoms with Gasteiger partial charge in [0, 0.05) is 62.1 Å². The minimum atomic E-state index is -0.429. The molecule has 0 spiro atoms. The fraction of sp³-hybridized carbons (Fsp3) is 0.375. The van der Waals surface area contributed by atoms with E-state index < -0.39 is 5.92 Å². The van der Waals surface area contributed by atoms with Gasteiger partial charge in [0.1, 0.15) is 5.02 Å². The van der Waals surface area contributed by atoms with Gasteiger partial charge in [-0.3, -0.25) is 24.4 Å². The van der Waals surface area contributed by atoms with Crippen LogP contribution in [-0.2, 0) is 27.9 Å². The van der Waals surface area contributed by atoms with E-state index in [1.165, 1.54) is 0 Å². The minimum Gasteiger partial charge on any atom is -0.382 e. The third-order valence-corrected chi connectivity index (χ3v) is 9.42. The molecule has 4 aromatic rings. The minimum absolute atomic E-state index is 0.0768. The highest BCUT2D eigenvalue weighted by Crippen LogP contribution is 2.34. The standard InChI is InChI=1S/C32H34ClN9O3/c1-17-16-42(32-34-15-23(33)30(38-32)36-19-5-8-25-18(12-19)13-28(44)40(25)2)11-10-24(17)35-20-4-6-21-26(14-20)41(3)39-29(21)22-7-9-27(43)37-31(22)45/h4-6,8,12,14-15,17,22,24,35H,7,9-11,13,16H2,1-3H3,(H,34,36,38)(H,37,43,45)/t17-,22?,24+/m0/s1. The van der Waals surface area contributed by atoms with Crippen LogP contribution in [-0.4, -0.2) is 63.6 Å². The van der Waals surface area contributed by atoms with Gasteiger partial charge in [-0.15, -0.1) is 0 Å². The molecular formula is C32H34ClN9O3. The molecule has 3 aliphatic rings. The molecule has 232 valence electrons. The number of carbonyl (C=O) groups is 3. The van der Waals surface area contributed by atoms with Crippen molar-refractivity contribution in [3.63, 3.8) is 0 Å². The number of hydrogen-bond donors (Lipinski definition) is 3. The first-order valence-corrected chi connectivity index (χ1v) is 15.5. The lowest BCUT2D eigenvalue weighted by Gasteiger charge is -2.37. The van der Waals surface area contributed by atoms with Crippen LogP contribution in [0, 0.1) is 5.92 Å². The molecule has 3 N–H and O–H groups in total. The summed E-state index contributed by atoms with van der Waals surface area (Å²) in [6, 6.07) is 12.2. The Kier molecular flexibility index (Phi) is 7.31. The summed E-state index contributed by atoms with van der Waals surface area (Å²) in [6.07, 6.45) is 3.67. The summed E-state index contributed by atoms with van der Waals surface area (Å²) in [5.74, 6) is 0.562. The molecule has 0 saturated carbocycles. The normalized spacial score (nSPS) is 21.7. The number of imide groups is 1. The number of aryl methyl sites for hydroxylation is 1. The van der Waals surface area contributed by atoms with Gasteiger partial charge in [-0.25, -0.2) is 4.98 Å². The van der Waals surface area contributed by atoms with Crippen molar-refractivity contribution in [3.8, 4) is 0 Å². The predicted molar refractivity (Wildman–Crippen MR) is 173 cm³/mol. The molecule has 12 nitrogen and oxygen atoms in total. The number of nitrogens with one attached hydrogen (secondary N) is 3. The van der Waals surface area contributed by atoms with Crippen LogP contribution in [0.5, 0.6) is 0 Å². The summed E-state index contributed by atoms with van der Waals surface area (Å²) in [7, 11) is 3.66. The number of hydrogen-bond acceptors (Lipinski definition) is 9. The molecule has 7 rings (SSSR count). The van der Waals surface area contributed by atoms with Gasteiger partial charge < -0.3 is 20.4 Å². The molecule has 5 heterocycles. The highest BCUT2D eigenvalue weighted by molar-refractivity contribution is 6.32. The van der Waals surface area contributed by atoms with E-state index in [-0.39, 0.29) is 23.8 Å². The lowest BCUT2D eigenvalue weighted by molar-refractivity contribution is -0.134. The highest BCUT2D eigenvalue weighted by Gasteiger charge is 2.32. The molecule has 45 heavy (non-hydrogen) atoms. The molecule has 13 heteroatoms. The molecule has 2 saturated heterocycles. The summed E-state index contributed by atoms with van der Waals surface area (Å²) in [4.78, 5) is 49.4. The fourth-order valence-corrected chi connectivity index (χ4v) is 6.76. The van der Waals surface area contributed by atoms with Crippen molar-refractivity contribution in [3.05, 3.63) is 58.9 Å². The zero-order valence-electron chi connectivity index (χ0n) is 25.3. The van der Waals surface area contributed by atoms with Crippen molar-refractivity contribution in [2.24, 2.45) is 13.0 Å². The second-order valence-electron chi connectivity index (χ2n) is 12.2. The first kappa shape index (κ1) is 29.0. The van der Waals surface area contributed by atoms with Gasteiger partial charge in [0.2, 0.25) is 23.7 Å². The van der Waals surface area contributed by atoms with Crippen LogP contribution in [0.25, 0.3) is 10.9 Å². The average Bonchev–Trinajstić information content (AvgIpc) is 3.49. The van der Waals surface area contributed by atoms with E-state index in [4.69, 9.17) is 16.6 Å². The second-order valence-corrected chi connectivity index (χ2v) is 12.6. The molecule has 2 fully saturated rings. The first-order valence-electron chi connectivity index (χ1n) is 15.2. The van der Waals surface area contributed by atoms with E-state index in [0.717, 1.165) is 53.0 Å². The third-order valence-electron chi connectivity index (χ3n) is 9.14. The topological polar surface area (TPSA) is 137 Å². The number of likely N-dealkylation sites (N-methyl/N-ethyl adjacent to an activating group) is 1. The van der Waals surface area contributed by atoms with Crippen molar-refractivity contribution in [2.75, 3.05) is 40.6 Å². The predicted octanol–water partition coefficient (Wildman–Crippen LogP) is 4.13. The smallest absolute Gasteiger partial charge is 0.235 e. The van der Waals surface area contributed by atoms with Gasteiger partial charge in [-0.1, -0.05) is 18.5 Å². The number of carbonyl (C=O) groups excluding carboxylic acids is 3. The summed E-state index contributed by atoms with van der Waals surface area (Å²) < 4.78 is 1.80. The summed E-state index contributed by atoms with van der Waals surface area (Å²) in [6.45, 7) is 3.75. The van der Waals surface area contributed by atoms with Crippen molar-refractivity contribution < 1.29 is 14.4 Å². The maximum Gasteiger partial charge on any atom is 0.235 e. The van der Waals surface area contributed by atoms with E-state index in [1.807, 2.05) is 37.4 Å². The Morgan fingerprint density at radius 2 is 1.87 bits per heavy atom. The molecule has 3 atom stereocenters. The van der Waals surface area contributed by atoms with Crippen LogP contribution in [0.2, 0.25) is 5.02 Å². The number of halogens is 1. The van der Waals surface area contributed by atoms with Crippen molar-refractivity contribution in [1.29, 1.82) is 0 Å². The average molecular weight is 628 g/mol. The third kappa shape index (κ3) is 5.43. The molecular weight excluding hydrogens is 594 g/mol. The molecule has 3 aliphatic heterocycles. The van der Waals surface area contributed by atoms with Gasteiger partial charge >= 0.3 is 0 Å². The molecule has 0 aliphatic carbocycles. The summed E-state index contributed by atoms with van der Waals surface area (Å²) >= 11 is 6.48. The van der Waals surface area contributed by atoms with Crippen LogP contribution in [0.15, 0.2) is 42.6 Å². The monoisotopic (exact) mass is 627 g/mol. The van der Waals surface area contributed by atoms with Crippen molar-refractivity contribution >= 4 is 69.1 Å². The number of rotatable bonds is 6. The maximum absolute atomic E-state index is 12.5. The Bertz CT molecular complexity index is 1860. The van der Waals surface area contributed by atoms with Crippen molar-refractivity contribution in [2.45, 2.75) is 44.6 Å². The van der Waals surface area contributed by atoms with Gasteiger partial charge in [0.05, 0.1) is 29.7 Å². The molecule has 2 aromatic heterocycles. The Morgan fingerprint density at radius 3 is 2.67 bits per heavy atom. The Balaban J connectivity index is 1.02. The molecule has 3 amide bonds. The van der Waals surface area contributed by atoms with Crippen LogP contribution in [0.3, 0.4) is 0 Å². The largest absolute Gasteiger partial charge is 0.382 e. The number of benzene rings is 2. The zero-order valence-corrected chi connectivity index (χ0v) is 26.1. The quantitative estimate of drug-likeness (QED) is 0.270. The van der Waals surface area contributed by atoms with Crippen LogP contribution in [0.1, 0.15) is 43.4 Å². The van der Waals surface area contributed by atoms with Gasteiger partial charge in [0.15, 0.2) is 5.82 Å². The summed E-state index contributed by atoms with van der Waals surface area (Å²) in [5, 5.41) is 15.5. The lowest BCUT2D eigenvalue weighted by atomic mass is 9.92. The molecule has 1 unspecified atom stereocenters. The second kappa shape index (κ2) is 11.3. The summed E-state index contributed by atoms with van der Waals surface area (Å²) in [5.41, 5.74) is 5.33. The van der Waals surface area contributed by atoms with E-state index in [1.54, 1.807) is 22.8 Å². The zero-order chi connectivity index (χ0) is 31.4. The Hall–Kier alpha value is -4.71. The molecule has 2 aromatic carbocycles. The van der Waals surface area contributed by atoms with Crippen LogP contribution < -0.4 is 25.8 Å². The van der Waals surface area contributed by atoms with Crippen LogP contribution in [0.4, 0.5) is 28.8 Å². The van der Waals surface area contributed by atoms with Crippen molar-refractivity contribution in [1.82, 2.24) is 25.1 Å². The lowest BCUT2D eigenvalue weighted by Crippen LogP contribution is -2.46. The highest BCUT2D eigenvalue weighted by atomic mass is 35.5. The Morgan fingerprint density at radius 1 is 1.04 bits per heavy atom. The molecule has 0 bridgehead atoms. The van der Waals surface area contributed by atoms with Gasteiger partial charge in [-0.2, -0.15) is 10.1 Å². The number of piperidine rings is 2. The maximum atomic E-state index is 12.5. The number of fused-ring (bicyclic) bond motifs is 2. The number of amides is 3. The van der Waals surface area contributed by atoms with Gasteiger partial charge in [0.25, 0.3) is 0 Å². The number of aromatic nitrogens is 4.